The van der Waals surface area contributed by atoms with Gasteiger partial charge in [-0.1, -0.05) is 0 Å². The van der Waals surface area contributed by atoms with E-state index in [9.17, 15) is 19.5 Å². The quantitative estimate of drug-likeness (QED) is 0.765. The summed E-state index contributed by atoms with van der Waals surface area (Å²) in [6, 6.07) is 0.863. The van der Waals surface area contributed by atoms with Crippen LogP contribution >= 0.6 is 11.8 Å². The molecule has 2 N–H and O–H groups in total. The van der Waals surface area contributed by atoms with Crippen molar-refractivity contribution in [1.29, 1.82) is 0 Å². The number of nitrogens with one attached hydrogen (secondary N) is 1. The smallest absolute Gasteiger partial charge is 0.352 e. The van der Waals surface area contributed by atoms with E-state index in [0.717, 1.165) is 0 Å². The zero-order chi connectivity index (χ0) is 16.7. The van der Waals surface area contributed by atoms with E-state index >= 15 is 0 Å². The van der Waals surface area contributed by atoms with Crippen LogP contribution in [0.5, 0.6) is 0 Å². The number of rotatable bonds is 4. The van der Waals surface area contributed by atoms with Gasteiger partial charge in [0.15, 0.2) is 0 Å². The molecule has 3 rings (SSSR count). The standard InChI is InChI=1S/C14H16N4O4S/c1-3-17-5-4-8(16-17)11(19)15-9-12(20)18-10(14(21)22)7(2)6-23-13(9)18/h4-5,9,13H,3,6H2,1-2H3,(H,15,19)(H,21,22)/t9-,13-/m1/s1. The first-order valence-electron chi connectivity index (χ1n) is 7.16. The topological polar surface area (TPSA) is 105 Å². The van der Waals surface area contributed by atoms with Gasteiger partial charge in [0.1, 0.15) is 22.8 Å². The van der Waals surface area contributed by atoms with Crippen LogP contribution in [0, 0.1) is 0 Å². The van der Waals surface area contributed by atoms with Gasteiger partial charge in [-0.25, -0.2) is 4.79 Å². The maximum atomic E-state index is 12.3. The number of aromatic nitrogens is 2. The molecular weight excluding hydrogens is 320 g/mol. The first-order chi connectivity index (χ1) is 10.9. The number of β-lactam (4-membered cyclic amide) rings is 1. The van der Waals surface area contributed by atoms with Crippen LogP contribution in [0.3, 0.4) is 0 Å². The molecule has 2 amide bonds. The monoisotopic (exact) mass is 336 g/mol. The molecule has 1 fully saturated rings. The van der Waals surface area contributed by atoms with Gasteiger partial charge in [-0.05, 0) is 25.5 Å². The fourth-order valence-electron chi connectivity index (χ4n) is 2.65. The Morgan fingerprint density at radius 1 is 1.52 bits per heavy atom. The van der Waals surface area contributed by atoms with E-state index in [0.29, 0.717) is 17.9 Å². The van der Waals surface area contributed by atoms with Crippen LogP contribution in [0.2, 0.25) is 0 Å². The summed E-state index contributed by atoms with van der Waals surface area (Å²) in [5.74, 6) is -1.43. The molecule has 2 atom stereocenters. The van der Waals surface area contributed by atoms with E-state index in [1.807, 2.05) is 6.92 Å². The zero-order valence-corrected chi connectivity index (χ0v) is 13.5. The first-order valence-corrected chi connectivity index (χ1v) is 8.21. The summed E-state index contributed by atoms with van der Waals surface area (Å²) in [5.41, 5.74) is 0.919. The van der Waals surface area contributed by atoms with Gasteiger partial charge in [-0.2, -0.15) is 5.10 Å². The molecule has 1 aromatic rings. The third kappa shape index (κ3) is 2.50. The van der Waals surface area contributed by atoms with Gasteiger partial charge >= 0.3 is 5.97 Å². The highest BCUT2D eigenvalue weighted by Crippen LogP contribution is 2.40. The van der Waals surface area contributed by atoms with Gasteiger partial charge in [-0.3, -0.25) is 19.2 Å². The van der Waals surface area contributed by atoms with Crippen molar-refractivity contribution in [2.24, 2.45) is 0 Å². The summed E-state index contributed by atoms with van der Waals surface area (Å²) >= 11 is 1.44. The van der Waals surface area contributed by atoms with Crippen LogP contribution in [0.4, 0.5) is 0 Å². The second-order valence-electron chi connectivity index (χ2n) is 5.35. The molecule has 8 nitrogen and oxygen atoms in total. The molecule has 23 heavy (non-hydrogen) atoms. The molecule has 0 unspecified atom stereocenters. The van der Waals surface area contributed by atoms with Gasteiger partial charge in [0.2, 0.25) is 0 Å². The third-order valence-electron chi connectivity index (χ3n) is 3.85. The molecule has 0 aliphatic carbocycles. The molecule has 0 saturated carbocycles. The molecule has 2 aliphatic heterocycles. The minimum Gasteiger partial charge on any atom is -0.477 e. The van der Waals surface area contributed by atoms with E-state index in [-0.39, 0.29) is 16.8 Å². The Labute approximate surface area is 136 Å². The van der Waals surface area contributed by atoms with E-state index in [4.69, 9.17) is 0 Å². The van der Waals surface area contributed by atoms with E-state index < -0.39 is 23.8 Å². The Morgan fingerprint density at radius 3 is 2.87 bits per heavy atom. The van der Waals surface area contributed by atoms with Gasteiger partial charge in [-0.15, -0.1) is 11.8 Å². The van der Waals surface area contributed by atoms with Crippen LogP contribution in [0.15, 0.2) is 23.5 Å². The minimum atomic E-state index is -1.12. The Hall–Kier alpha value is -2.29. The Bertz CT molecular complexity index is 726. The maximum Gasteiger partial charge on any atom is 0.352 e. The Balaban J connectivity index is 1.73. The van der Waals surface area contributed by atoms with Crippen molar-refractivity contribution in [3.8, 4) is 0 Å². The lowest BCUT2D eigenvalue weighted by Crippen LogP contribution is -2.70. The molecule has 1 saturated heterocycles. The number of aryl methyl sites for hydroxylation is 1. The highest BCUT2D eigenvalue weighted by molar-refractivity contribution is 8.00. The number of hydrogen-bond donors (Lipinski definition) is 2. The van der Waals surface area contributed by atoms with Crippen LogP contribution in [0.1, 0.15) is 24.3 Å². The predicted octanol–water partition coefficient (Wildman–Crippen LogP) is 0.275. The van der Waals surface area contributed by atoms with Gasteiger partial charge < -0.3 is 10.4 Å². The number of carboxylic acids is 1. The van der Waals surface area contributed by atoms with E-state index in [2.05, 4.69) is 10.4 Å². The number of hydrogen-bond acceptors (Lipinski definition) is 5. The average Bonchev–Trinajstić information content (AvgIpc) is 3.01. The molecule has 3 heterocycles. The summed E-state index contributed by atoms with van der Waals surface area (Å²) in [7, 11) is 0. The summed E-state index contributed by atoms with van der Waals surface area (Å²) in [4.78, 5) is 37.0. The predicted molar refractivity (Wildman–Crippen MR) is 82.6 cm³/mol. The van der Waals surface area contributed by atoms with E-state index in [1.54, 1.807) is 23.9 Å². The largest absolute Gasteiger partial charge is 0.477 e. The van der Waals surface area contributed by atoms with Crippen molar-refractivity contribution in [2.45, 2.75) is 31.8 Å². The molecule has 122 valence electrons. The summed E-state index contributed by atoms with van der Waals surface area (Å²) in [6.07, 6.45) is 1.69. The minimum absolute atomic E-state index is 0.0273. The van der Waals surface area contributed by atoms with Gasteiger partial charge in [0, 0.05) is 18.5 Å². The SMILES string of the molecule is CCn1ccc(C(=O)N[C@@H]2C(=O)N3C(C(=O)O)=C(C)CS[C@H]23)n1. The highest BCUT2D eigenvalue weighted by Gasteiger charge is 2.53. The molecule has 9 heteroatoms. The van der Waals surface area contributed by atoms with Crippen molar-refractivity contribution in [2.75, 3.05) is 5.75 Å². The summed E-state index contributed by atoms with van der Waals surface area (Å²) < 4.78 is 1.62. The number of carboxylic acid groups (broad SMARTS) is 1. The lowest BCUT2D eigenvalue weighted by atomic mass is 10.0. The maximum absolute atomic E-state index is 12.3. The number of carbonyl (C=O) groups excluding carboxylic acids is 2. The molecular formula is C14H16N4O4S. The summed E-state index contributed by atoms with van der Waals surface area (Å²) in [6.45, 7) is 4.25. The Morgan fingerprint density at radius 2 is 2.26 bits per heavy atom. The normalized spacial score (nSPS) is 23.4. The average molecular weight is 336 g/mol. The van der Waals surface area contributed by atoms with E-state index in [1.165, 1.54) is 16.7 Å². The van der Waals surface area contributed by atoms with Crippen molar-refractivity contribution in [3.63, 3.8) is 0 Å². The molecule has 2 aliphatic rings. The van der Waals surface area contributed by atoms with Crippen LogP contribution in [-0.2, 0) is 16.1 Å². The number of amides is 2. The second-order valence-corrected chi connectivity index (χ2v) is 6.46. The van der Waals surface area contributed by atoms with Gasteiger partial charge in [0.05, 0.1) is 0 Å². The molecule has 0 radical (unpaired) electrons. The number of nitrogens with zero attached hydrogens (tertiary/aromatic N) is 3. The first kappa shape index (κ1) is 15.6. The Kier molecular flexibility index (Phi) is 3.88. The molecule has 0 spiro atoms. The molecule has 0 bridgehead atoms. The molecule has 1 aromatic heterocycles. The van der Waals surface area contributed by atoms with Gasteiger partial charge in [0.25, 0.3) is 11.8 Å². The molecule has 0 aromatic carbocycles. The van der Waals surface area contributed by atoms with Crippen molar-refractivity contribution >= 4 is 29.5 Å². The lowest BCUT2D eigenvalue weighted by Gasteiger charge is -2.49. The number of fused-ring (bicyclic) bond motifs is 1. The highest BCUT2D eigenvalue weighted by atomic mass is 32.2. The number of carbonyl (C=O) groups is 3. The zero-order valence-electron chi connectivity index (χ0n) is 12.6. The third-order valence-corrected chi connectivity index (χ3v) is 5.27. The van der Waals surface area contributed by atoms with Crippen LogP contribution in [0.25, 0.3) is 0 Å². The number of thioether (sulfide) groups is 1. The van der Waals surface area contributed by atoms with Crippen molar-refractivity contribution in [1.82, 2.24) is 20.0 Å². The number of aliphatic carboxylic acids is 1. The van der Waals surface area contributed by atoms with Crippen molar-refractivity contribution in [3.05, 3.63) is 29.2 Å². The fourth-order valence-corrected chi connectivity index (χ4v) is 3.94. The second kappa shape index (κ2) is 5.73. The fraction of sp³-hybridized carbons (Fsp3) is 0.429. The van der Waals surface area contributed by atoms with Crippen LogP contribution in [-0.4, -0.2) is 54.7 Å². The van der Waals surface area contributed by atoms with Crippen LogP contribution < -0.4 is 5.32 Å². The summed E-state index contributed by atoms with van der Waals surface area (Å²) in [5, 5.41) is 15.6. The lowest BCUT2D eigenvalue weighted by molar-refractivity contribution is -0.148. The van der Waals surface area contributed by atoms with Crippen molar-refractivity contribution < 1.29 is 19.5 Å².